The Morgan fingerprint density at radius 2 is 1.64 bits per heavy atom. The van der Waals surface area contributed by atoms with Crippen molar-refractivity contribution >= 4 is 58.4 Å². The lowest BCUT2D eigenvalue weighted by Crippen LogP contribution is -2.22. The fraction of sp³-hybridized carbons (Fsp3) is 0.130. The van der Waals surface area contributed by atoms with Crippen LogP contribution in [0.4, 0.5) is 13.2 Å². The first kappa shape index (κ1) is 25.4. The molecular weight excluding hydrogens is 519 g/mol. The average Bonchev–Trinajstić information content (AvgIpc) is 2.75. The zero-order chi connectivity index (χ0) is 24.2. The highest BCUT2D eigenvalue weighted by Crippen LogP contribution is 2.41. The van der Waals surface area contributed by atoms with Crippen molar-refractivity contribution in [1.29, 1.82) is 0 Å². The summed E-state index contributed by atoms with van der Waals surface area (Å²) in [6, 6.07) is 12.0. The fourth-order valence-electron chi connectivity index (χ4n) is 2.95. The number of allylic oxidation sites excluding steroid dienone is 1. The van der Waals surface area contributed by atoms with E-state index >= 15 is 0 Å². The Morgan fingerprint density at radius 1 is 1.00 bits per heavy atom. The molecule has 0 radical (unpaired) electrons. The van der Waals surface area contributed by atoms with E-state index in [1.807, 2.05) is 0 Å². The van der Waals surface area contributed by atoms with Gasteiger partial charge in [0.05, 0.1) is 21.0 Å². The first-order valence-electron chi connectivity index (χ1n) is 9.42. The minimum Gasteiger partial charge on any atom is -0.348 e. The Morgan fingerprint density at radius 3 is 2.21 bits per heavy atom. The van der Waals surface area contributed by atoms with Crippen molar-refractivity contribution in [2.24, 2.45) is 0 Å². The number of nitrogens with one attached hydrogen (secondary N) is 1. The van der Waals surface area contributed by atoms with Gasteiger partial charge in [-0.25, -0.2) is 4.98 Å². The molecule has 2 aromatic carbocycles. The summed E-state index contributed by atoms with van der Waals surface area (Å²) in [5.41, 5.74) is 1.57. The van der Waals surface area contributed by atoms with Gasteiger partial charge >= 0.3 is 6.18 Å². The van der Waals surface area contributed by atoms with Gasteiger partial charge in [0.2, 0.25) is 0 Å². The van der Waals surface area contributed by atoms with Gasteiger partial charge in [0.1, 0.15) is 5.15 Å². The lowest BCUT2D eigenvalue weighted by atomic mass is 9.97. The molecule has 3 aromatic rings. The summed E-state index contributed by atoms with van der Waals surface area (Å²) in [7, 11) is 0. The van der Waals surface area contributed by atoms with Crippen molar-refractivity contribution in [3.63, 3.8) is 0 Å². The van der Waals surface area contributed by atoms with Gasteiger partial charge in [-0.15, -0.1) is 0 Å². The number of aromatic nitrogens is 1. The predicted molar refractivity (Wildman–Crippen MR) is 126 cm³/mol. The zero-order valence-electron chi connectivity index (χ0n) is 16.6. The van der Waals surface area contributed by atoms with Crippen LogP contribution in [0.3, 0.4) is 0 Å². The minimum atomic E-state index is -4.56. The van der Waals surface area contributed by atoms with Crippen molar-refractivity contribution in [2.75, 3.05) is 0 Å². The summed E-state index contributed by atoms with van der Waals surface area (Å²) in [6.45, 7) is 0.232. The van der Waals surface area contributed by atoms with Gasteiger partial charge < -0.3 is 5.32 Å². The molecule has 1 atom stereocenters. The highest BCUT2D eigenvalue weighted by Gasteiger charge is 2.39. The van der Waals surface area contributed by atoms with Crippen LogP contribution in [0.15, 0.2) is 60.8 Å². The molecule has 33 heavy (non-hydrogen) atoms. The lowest BCUT2D eigenvalue weighted by Gasteiger charge is -2.18. The van der Waals surface area contributed by atoms with E-state index in [2.05, 4.69) is 10.3 Å². The SMILES string of the molecule is O=C(NCc1ccc(C=CC(c2cc(Cl)c(Cl)c(Cl)c2)C(F)(F)F)cc1)c1ccnc(Cl)c1. The van der Waals surface area contributed by atoms with Crippen molar-refractivity contribution in [2.45, 2.75) is 18.6 Å². The molecule has 1 unspecified atom stereocenters. The van der Waals surface area contributed by atoms with E-state index < -0.39 is 12.1 Å². The van der Waals surface area contributed by atoms with Crippen molar-refractivity contribution in [3.8, 4) is 0 Å². The van der Waals surface area contributed by atoms with E-state index in [1.165, 1.54) is 24.4 Å². The van der Waals surface area contributed by atoms with Crippen molar-refractivity contribution in [1.82, 2.24) is 10.3 Å². The Kier molecular flexibility index (Phi) is 8.29. The van der Waals surface area contributed by atoms with Gasteiger partial charge in [0.15, 0.2) is 0 Å². The monoisotopic (exact) mass is 532 g/mol. The van der Waals surface area contributed by atoms with Crippen LogP contribution in [0.25, 0.3) is 6.08 Å². The largest absolute Gasteiger partial charge is 0.399 e. The van der Waals surface area contributed by atoms with Crippen molar-refractivity contribution in [3.05, 3.63) is 103 Å². The predicted octanol–water partition coefficient (Wildman–Crippen LogP) is 7.98. The minimum absolute atomic E-state index is 0.00157. The summed E-state index contributed by atoms with van der Waals surface area (Å²) in [6.07, 6.45) is -0.745. The Balaban J connectivity index is 1.70. The Bertz CT molecular complexity index is 1160. The third kappa shape index (κ3) is 6.87. The van der Waals surface area contributed by atoms with E-state index in [-0.39, 0.29) is 38.2 Å². The van der Waals surface area contributed by atoms with E-state index in [0.717, 1.165) is 23.8 Å². The molecule has 0 fully saturated rings. The molecule has 0 saturated heterocycles. The standard InChI is InChI=1S/C23H15Cl4F3N2O/c24-18-9-16(10-19(25)21(18)27)17(23(28,29)30)6-5-13-1-3-14(4-2-13)12-32-22(33)15-7-8-31-20(26)11-15/h1-11,17H,12H2,(H,32,33). The number of rotatable bonds is 6. The molecule has 3 nitrogen and oxygen atoms in total. The van der Waals surface area contributed by atoms with Crippen LogP contribution >= 0.6 is 46.4 Å². The number of carbonyl (C=O) groups is 1. The summed E-state index contributed by atoms with van der Waals surface area (Å²) < 4.78 is 41.0. The summed E-state index contributed by atoms with van der Waals surface area (Å²) >= 11 is 23.4. The second-order valence-corrected chi connectivity index (χ2v) is 8.55. The van der Waals surface area contributed by atoms with Crippen LogP contribution in [-0.2, 0) is 6.54 Å². The fourth-order valence-corrected chi connectivity index (χ4v) is 3.73. The number of benzene rings is 2. The van der Waals surface area contributed by atoms with Gasteiger partial charge in [-0.1, -0.05) is 82.8 Å². The molecule has 0 aliphatic rings. The molecule has 3 rings (SSSR count). The molecule has 0 aliphatic carbocycles. The first-order chi connectivity index (χ1) is 15.5. The first-order valence-corrected chi connectivity index (χ1v) is 10.9. The molecule has 0 saturated carbocycles. The summed E-state index contributed by atoms with van der Waals surface area (Å²) in [5, 5.41) is 2.84. The van der Waals surface area contributed by atoms with Crippen LogP contribution in [0.5, 0.6) is 0 Å². The van der Waals surface area contributed by atoms with Gasteiger partial charge in [-0.2, -0.15) is 13.2 Å². The molecule has 0 bridgehead atoms. The maximum atomic E-state index is 13.7. The van der Waals surface area contributed by atoms with Gasteiger partial charge in [0, 0.05) is 18.3 Å². The van der Waals surface area contributed by atoms with E-state index in [0.29, 0.717) is 11.1 Å². The number of nitrogens with zero attached hydrogens (tertiary/aromatic N) is 1. The maximum absolute atomic E-state index is 13.7. The average molecular weight is 534 g/mol. The highest BCUT2D eigenvalue weighted by molar-refractivity contribution is 6.48. The molecular formula is C23H15Cl4F3N2O. The normalized spacial score (nSPS) is 12.7. The van der Waals surface area contributed by atoms with Crippen molar-refractivity contribution < 1.29 is 18.0 Å². The molecule has 1 aromatic heterocycles. The number of hydrogen-bond acceptors (Lipinski definition) is 2. The maximum Gasteiger partial charge on any atom is 0.399 e. The molecule has 0 spiro atoms. The van der Waals surface area contributed by atoms with Gasteiger partial charge in [0.25, 0.3) is 5.91 Å². The second kappa shape index (κ2) is 10.8. The molecule has 10 heteroatoms. The molecule has 1 heterocycles. The molecule has 1 N–H and O–H groups in total. The third-order valence-electron chi connectivity index (χ3n) is 4.62. The number of pyridine rings is 1. The molecule has 172 valence electrons. The number of carbonyl (C=O) groups excluding carboxylic acids is 1. The van der Waals surface area contributed by atoms with Crippen LogP contribution in [0.2, 0.25) is 20.2 Å². The van der Waals surface area contributed by atoms with Crippen LogP contribution < -0.4 is 5.32 Å². The molecule has 0 aliphatic heterocycles. The van der Waals surface area contributed by atoms with Gasteiger partial charge in [-0.05, 0) is 41.0 Å². The smallest absolute Gasteiger partial charge is 0.348 e. The quantitative estimate of drug-likeness (QED) is 0.258. The van der Waals surface area contributed by atoms with Crippen LogP contribution in [0.1, 0.15) is 33.0 Å². The summed E-state index contributed by atoms with van der Waals surface area (Å²) in [5.74, 6) is -2.24. The van der Waals surface area contributed by atoms with Crippen LogP contribution in [0, 0.1) is 0 Å². The zero-order valence-corrected chi connectivity index (χ0v) is 19.7. The van der Waals surface area contributed by atoms with E-state index in [9.17, 15) is 18.0 Å². The van der Waals surface area contributed by atoms with Crippen LogP contribution in [-0.4, -0.2) is 17.1 Å². The number of amides is 1. The second-order valence-electron chi connectivity index (χ2n) is 6.97. The molecule has 1 amide bonds. The van der Waals surface area contributed by atoms with Gasteiger partial charge in [-0.3, -0.25) is 4.79 Å². The lowest BCUT2D eigenvalue weighted by molar-refractivity contribution is -0.139. The van der Waals surface area contributed by atoms with E-state index in [4.69, 9.17) is 46.4 Å². The highest BCUT2D eigenvalue weighted by atomic mass is 35.5. The Labute approximate surface area is 208 Å². The third-order valence-corrected chi connectivity index (χ3v) is 6.02. The Hall–Kier alpha value is -2.25. The number of hydrogen-bond donors (Lipinski definition) is 1. The van der Waals surface area contributed by atoms with E-state index in [1.54, 1.807) is 24.3 Å². The number of halogens is 7. The summed E-state index contributed by atoms with van der Waals surface area (Å²) in [4.78, 5) is 16.0. The number of alkyl halides is 3. The topological polar surface area (TPSA) is 42.0 Å².